The fourth-order valence-electron chi connectivity index (χ4n) is 1.34. The number of carbonyl (C=O) groups excluding carboxylic acids is 1. The van der Waals surface area contributed by atoms with Crippen LogP contribution in [-0.2, 0) is 0 Å². The van der Waals surface area contributed by atoms with Crippen molar-refractivity contribution in [2.75, 3.05) is 5.32 Å². The molecule has 2 aromatic rings. The van der Waals surface area contributed by atoms with Crippen molar-refractivity contribution < 1.29 is 4.79 Å². The highest BCUT2D eigenvalue weighted by atomic mass is 79.9. The molecule has 90 valence electrons. The minimum absolute atomic E-state index is 0.152. The van der Waals surface area contributed by atoms with Crippen LogP contribution in [0.3, 0.4) is 0 Å². The molecule has 0 radical (unpaired) electrons. The van der Waals surface area contributed by atoms with Crippen LogP contribution in [0.25, 0.3) is 0 Å². The van der Waals surface area contributed by atoms with Gasteiger partial charge in [0.05, 0.1) is 8.66 Å². The molecule has 18 heavy (non-hydrogen) atoms. The lowest BCUT2D eigenvalue weighted by Crippen LogP contribution is -2.10. The fraction of sp³-hybridized carbons (Fsp3) is 0. The van der Waals surface area contributed by atoms with Gasteiger partial charge in [-0.1, -0.05) is 12.0 Å². The van der Waals surface area contributed by atoms with Gasteiger partial charge in [0.2, 0.25) is 0 Å². The summed E-state index contributed by atoms with van der Waals surface area (Å²) < 4.78 is 1.76. The second-order valence-electron chi connectivity index (χ2n) is 3.41. The molecule has 0 spiro atoms. The van der Waals surface area contributed by atoms with E-state index >= 15 is 0 Å². The summed E-state index contributed by atoms with van der Waals surface area (Å²) in [6.07, 6.45) is 5.31. The first-order valence-electron chi connectivity index (χ1n) is 4.93. The Kier molecular flexibility index (Phi) is 4.23. The van der Waals surface area contributed by atoms with Crippen LogP contribution < -0.4 is 5.32 Å². The number of terminal acetylenes is 1. The normalized spacial score (nSPS) is 9.83. The zero-order valence-corrected chi connectivity index (χ0v) is 13.0. The lowest BCUT2D eigenvalue weighted by Gasteiger charge is -2.03. The Balaban J connectivity index is 2.19. The molecule has 5 heteroatoms. The highest BCUT2D eigenvalue weighted by molar-refractivity contribution is 9.13. The Hall–Kier alpha value is -1.09. The van der Waals surface area contributed by atoms with Crippen molar-refractivity contribution >= 4 is 54.8 Å². The lowest BCUT2D eigenvalue weighted by molar-refractivity contribution is 0.103. The summed E-state index contributed by atoms with van der Waals surface area (Å²) in [5, 5.41) is 2.81. The van der Waals surface area contributed by atoms with Crippen LogP contribution in [0.5, 0.6) is 0 Å². The molecule has 1 heterocycles. The predicted octanol–water partition coefficient (Wildman–Crippen LogP) is 4.51. The van der Waals surface area contributed by atoms with Crippen molar-refractivity contribution in [2.45, 2.75) is 0 Å². The van der Waals surface area contributed by atoms with Gasteiger partial charge < -0.3 is 5.32 Å². The Morgan fingerprint density at radius 1 is 1.33 bits per heavy atom. The Morgan fingerprint density at radius 3 is 2.72 bits per heavy atom. The van der Waals surface area contributed by atoms with E-state index in [2.05, 4.69) is 43.1 Å². The smallest absolute Gasteiger partial charge is 0.265 e. The highest BCUT2D eigenvalue weighted by Gasteiger charge is 2.12. The maximum absolute atomic E-state index is 12.0. The summed E-state index contributed by atoms with van der Waals surface area (Å²) in [5.74, 6) is 2.38. The van der Waals surface area contributed by atoms with E-state index in [4.69, 9.17) is 6.42 Å². The summed E-state index contributed by atoms with van der Waals surface area (Å²) in [6, 6.07) is 8.96. The molecule has 2 nitrogen and oxygen atoms in total. The van der Waals surface area contributed by atoms with Crippen LogP contribution in [0.4, 0.5) is 5.69 Å². The number of amides is 1. The fourth-order valence-corrected chi connectivity index (χ4v) is 3.27. The number of benzene rings is 1. The summed E-state index contributed by atoms with van der Waals surface area (Å²) in [6.45, 7) is 0. The Labute approximate surface area is 126 Å². The zero-order valence-electron chi connectivity index (χ0n) is 9.04. The Morgan fingerprint density at radius 2 is 2.11 bits per heavy atom. The Bertz CT molecular complexity index is 623. The molecule has 2 rings (SSSR count). The van der Waals surface area contributed by atoms with Gasteiger partial charge in [-0.15, -0.1) is 17.8 Å². The SMILES string of the molecule is C#Cc1cccc(NC(=O)c2cc(Br)c(Br)s2)c1. The lowest BCUT2D eigenvalue weighted by atomic mass is 10.2. The van der Waals surface area contributed by atoms with Crippen LogP contribution >= 0.6 is 43.2 Å². The minimum Gasteiger partial charge on any atom is -0.321 e. The van der Waals surface area contributed by atoms with E-state index in [1.54, 1.807) is 18.2 Å². The van der Waals surface area contributed by atoms with Gasteiger partial charge in [0.25, 0.3) is 5.91 Å². The topological polar surface area (TPSA) is 29.1 Å². The number of hydrogen-bond acceptors (Lipinski definition) is 2. The number of halogens is 2. The third-order valence-electron chi connectivity index (χ3n) is 2.16. The van der Waals surface area contributed by atoms with Gasteiger partial charge >= 0.3 is 0 Å². The quantitative estimate of drug-likeness (QED) is 0.758. The van der Waals surface area contributed by atoms with Crippen LogP contribution in [0.1, 0.15) is 15.2 Å². The molecule has 0 fully saturated rings. The molecule has 0 aliphatic rings. The van der Waals surface area contributed by atoms with Gasteiger partial charge in [0.1, 0.15) is 0 Å². The number of hydrogen-bond donors (Lipinski definition) is 1. The van der Waals surface area contributed by atoms with E-state index < -0.39 is 0 Å². The molecule has 0 saturated carbocycles. The van der Waals surface area contributed by atoms with Crippen LogP contribution in [0.15, 0.2) is 38.6 Å². The van der Waals surface area contributed by atoms with Gasteiger partial charge in [-0.25, -0.2) is 0 Å². The molecule has 0 bridgehead atoms. The summed E-state index contributed by atoms with van der Waals surface area (Å²) in [5.41, 5.74) is 1.43. The average Bonchev–Trinajstić information content (AvgIpc) is 2.70. The third-order valence-corrected chi connectivity index (χ3v) is 5.41. The van der Waals surface area contributed by atoms with Crippen LogP contribution in [0, 0.1) is 12.3 Å². The second-order valence-corrected chi connectivity index (χ2v) is 6.64. The van der Waals surface area contributed by atoms with Gasteiger partial charge in [0.15, 0.2) is 0 Å². The number of nitrogens with one attached hydrogen (secondary N) is 1. The van der Waals surface area contributed by atoms with Gasteiger partial charge in [-0.05, 0) is 56.1 Å². The molecule has 1 aromatic heterocycles. The summed E-state index contributed by atoms with van der Waals surface area (Å²) in [4.78, 5) is 12.6. The molecule has 0 aliphatic carbocycles. The van der Waals surface area contributed by atoms with E-state index in [1.807, 2.05) is 12.1 Å². The largest absolute Gasteiger partial charge is 0.321 e. The number of anilines is 1. The van der Waals surface area contributed by atoms with Gasteiger partial charge in [-0.3, -0.25) is 4.79 Å². The molecule has 0 aliphatic heterocycles. The van der Waals surface area contributed by atoms with E-state index in [1.165, 1.54) is 11.3 Å². The van der Waals surface area contributed by atoms with E-state index in [-0.39, 0.29) is 5.91 Å². The number of thiophene rings is 1. The zero-order chi connectivity index (χ0) is 13.1. The van der Waals surface area contributed by atoms with Crippen molar-refractivity contribution in [3.8, 4) is 12.3 Å². The number of rotatable bonds is 2. The summed E-state index contributed by atoms with van der Waals surface area (Å²) >= 11 is 8.08. The summed E-state index contributed by atoms with van der Waals surface area (Å²) in [7, 11) is 0. The maximum atomic E-state index is 12.0. The maximum Gasteiger partial charge on any atom is 0.265 e. The monoisotopic (exact) mass is 383 g/mol. The number of carbonyl (C=O) groups is 1. The average molecular weight is 385 g/mol. The second kappa shape index (κ2) is 5.70. The standard InChI is InChI=1S/C13H7Br2NOS/c1-2-8-4-3-5-9(6-8)16-13(17)11-7-10(14)12(15)18-11/h1,3-7H,(H,16,17). The highest BCUT2D eigenvalue weighted by Crippen LogP contribution is 2.32. The first-order valence-corrected chi connectivity index (χ1v) is 7.33. The first kappa shape index (κ1) is 13.3. The molecule has 1 amide bonds. The molecular formula is C13H7Br2NOS. The third kappa shape index (κ3) is 3.02. The van der Waals surface area contributed by atoms with Gasteiger partial charge in [0, 0.05) is 15.7 Å². The molecule has 0 unspecified atom stereocenters. The molecule has 1 N–H and O–H groups in total. The molecule has 1 aromatic carbocycles. The first-order chi connectivity index (χ1) is 8.60. The molecule has 0 atom stereocenters. The van der Waals surface area contributed by atoms with E-state index in [9.17, 15) is 4.79 Å². The van der Waals surface area contributed by atoms with Crippen LogP contribution in [-0.4, -0.2) is 5.91 Å². The molecular weight excluding hydrogens is 378 g/mol. The van der Waals surface area contributed by atoms with E-state index in [0.717, 1.165) is 13.8 Å². The van der Waals surface area contributed by atoms with Crippen molar-refractivity contribution in [3.05, 3.63) is 49.0 Å². The van der Waals surface area contributed by atoms with Gasteiger partial charge in [-0.2, -0.15) is 0 Å². The minimum atomic E-state index is -0.152. The van der Waals surface area contributed by atoms with Crippen molar-refractivity contribution in [1.82, 2.24) is 0 Å². The van der Waals surface area contributed by atoms with Crippen molar-refractivity contribution in [2.24, 2.45) is 0 Å². The van der Waals surface area contributed by atoms with Crippen molar-refractivity contribution in [3.63, 3.8) is 0 Å². The van der Waals surface area contributed by atoms with Crippen LogP contribution in [0.2, 0.25) is 0 Å². The van der Waals surface area contributed by atoms with E-state index in [0.29, 0.717) is 10.6 Å². The molecule has 0 saturated heterocycles. The predicted molar refractivity (Wildman–Crippen MR) is 82.0 cm³/mol. The van der Waals surface area contributed by atoms with Crippen molar-refractivity contribution in [1.29, 1.82) is 0 Å².